The molecule has 6 heteroatoms. The van der Waals surface area contributed by atoms with E-state index in [4.69, 9.17) is 5.73 Å². The minimum atomic E-state index is -0.592. The molecule has 1 rings (SSSR count). The van der Waals surface area contributed by atoms with Gasteiger partial charge >= 0.3 is 0 Å². The van der Waals surface area contributed by atoms with Crippen LogP contribution in [0.5, 0.6) is 0 Å². The molecule has 0 aliphatic heterocycles. The predicted octanol–water partition coefficient (Wildman–Crippen LogP) is 1.52. The summed E-state index contributed by atoms with van der Waals surface area (Å²) in [5.74, 6) is -0.262. The number of nitrogens with zero attached hydrogens (tertiary/aromatic N) is 1. The van der Waals surface area contributed by atoms with E-state index in [1.807, 2.05) is 13.8 Å². The monoisotopic (exact) mass is 237 g/mol. The average molecular weight is 237 g/mol. The first-order valence-corrected chi connectivity index (χ1v) is 5.22. The summed E-state index contributed by atoms with van der Waals surface area (Å²) in [7, 11) is 0. The van der Waals surface area contributed by atoms with Crippen molar-refractivity contribution >= 4 is 17.3 Å². The maximum atomic E-state index is 11.6. The lowest BCUT2D eigenvalue weighted by Crippen LogP contribution is -2.39. The van der Waals surface area contributed by atoms with E-state index in [1.165, 1.54) is 24.3 Å². The minimum absolute atomic E-state index is 0.0174. The second kappa shape index (κ2) is 5.40. The Balaban J connectivity index is 2.70. The van der Waals surface area contributed by atoms with Crippen LogP contribution >= 0.6 is 0 Å². The summed E-state index contributed by atoms with van der Waals surface area (Å²) in [5, 5.41) is 13.0. The molecule has 1 aromatic rings. The molecule has 1 atom stereocenters. The zero-order valence-corrected chi connectivity index (χ0v) is 9.71. The predicted molar refractivity (Wildman–Crippen MR) is 64.5 cm³/mol. The Kier molecular flexibility index (Phi) is 4.17. The molecule has 6 nitrogen and oxygen atoms in total. The van der Waals surface area contributed by atoms with Gasteiger partial charge in [0.15, 0.2) is 0 Å². The Morgan fingerprint density at radius 1 is 1.35 bits per heavy atom. The zero-order valence-electron chi connectivity index (χ0n) is 9.71. The van der Waals surface area contributed by atoms with Crippen molar-refractivity contribution in [2.75, 3.05) is 5.32 Å². The van der Waals surface area contributed by atoms with Crippen molar-refractivity contribution in [3.8, 4) is 0 Å². The lowest BCUT2D eigenvalue weighted by atomic mass is 10.0. The number of anilines is 1. The summed E-state index contributed by atoms with van der Waals surface area (Å²) in [6, 6.07) is 5.02. The van der Waals surface area contributed by atoms with Crippen molar-refractivity contribution in [2.24, 2.45) is 11.7 Å². The van der Waals surface area contributed by atoms with Gasteiger partial charge in [-0.05, 0) is 18.1 Å². The third-order valence-corrected chi connectivity index (χ3v) is 2.37. The average Bonchev–Trinajstić information content (AvgIpc) is 2.28. The third kappa shape index (κ3) is 3.53. The van der Waals surface area contributed by atoms with Crippen LogP contribution in [0.25, 0.3) is 0 Å². The fourth-order valence-electron chi connectivity index (χ4n) is 1.19. The molecule has 0 unspecified atom stereocenters. The Hall–Kier alpha value is -1.95. The van der Waals surface area contributed by atoms with Gasteiger partial charge in [-0.3, -0.25) is 14.9 Å². The first-order valence-electron chi connectivity index (χ1n) is 5.22. The largest absolute Gasteiger partial charge is 0.325 e. The molecule has 1 aromatic carbocycles. The Bertz CT molecular complexity index is 414. The van der Waals surface area contributed by atoms with E-state index in [9.17, 15) is 14.9 Å². The van der Waals surface area contributed by atoms with Crippen LogP contribution in [-0.4, -0.2) is 16.9 Å². The molecule has 3 N–H and O–H groups in total. The van der Waals surface area contributed by atoms with Gasteiger partial charge in [-0.1, -0.05) is 13.8 Å². The molecule has 0 aliphatic rings. The first-order chi connectivity index (χ1) is 7.91. The molecule has 1 amide bonds. The van der Waals surface area contributed by atoms with Gasteiger partial charge in [0.05, 0.1) is 11.0 Å². The number of nitrogens with one attached hydrogen (secondary N) is 1. The van der Waals surface area contributed by atoms with E-state index in [2.05, 4.69) is 5.32 Å². The fourth-order valence-corrected chi connectivity index (χ4v) is 1.19. The van der Waals surface area contributed by atoms with Crippen LogP contribution < -0.4 is 11.1 Å². The number of hydrogen-bond acceptors (Lipinski definition) is 4. The smallest absolute Gasteiger partial charge is 0.269 e. The second-order valence-corrected chi connectivity index (χ2v) is 4.06. The van der Waals surface area contributed by atoms with Crippen LogP contribution in [0, 0.1) is 16.0 Å². The summed E-state index contributed by atoms with van der Waals surface area (Å²) < 4.78 is 0. The topological polar surface area (TPSA) is 98.3 Å². The summed E-state index contributed by atoms with van der Waals surface area (Å²) >= 11 is 0. The van der Waals surface area contributed by atoms with E-state index in [0.717, 1.165) is 0 Å². The summed E-state index contributed by atoms with van der Waals surface area (Å²) in [4.78, 5) is 21.5. The highest BCUT2D eigenvalue weighted by Crippen LogP contribution is 2.15. The highest BCUT2D eigenvalue weighted by atomic mass is 16.6. The molecule has 0 saturated heterocycles. The lowest BCUT2D eigenvalue weighted by molar-refractivity contribution is -0.384. The van der Waals surface area contributed by atoms with Gasteiger partial charge in [0.25, 0.3) is 5.69 Å². The standard InChI is InChI=1S/C11H15N3O3/c1-7(2)10(12)11(15)13-8-3-5-9(6-4-8)14(16)17/h3-7,10H,12H2,1-2H3,(H,13,15)/t10-/m0/s1. The highest BCUT2D eigenvalue weighted by Gasteiger charge is 2.17. The van der Waals surface area contributed by atoms with Gasteiger partial charge in [-0.2, -0.15) is 0 Å². The number of nitro groups is 1. The van der Waals surface area contributed by atoms with Crippen LogP contribution in [0.2, 0.25) is 0 Å². The van der Waals surface area contributed by atoms with Crippen LogP contribution in [0.15, 0.2) is 24.3 Å². The number of carbonyl (C=O) groups is 1. The van der Waals surface area contributed by atoms with Crippen molar-refractivity contribution in [1.82, 2.24) is 0 Å². The van der Waals surface area contributed by atoms with Gasteiger partial charge in [0, 0.05) is 17.8 Å². The highest BCUT2D eigenvalue weighted by molar-refractivity contribution is 5.94. The van der Waals surface area contributed by atoms with E-state index < -0.39 is 11.0 Å². The Morgan fingerprint density at radius 3 is 2.29 bits per heavy atom. The number of carbonyl (C=O) groups excluding carboxylic acids is 1. The molecule has 0 radical (unpaired) electrons. The number of non-ortho nitro benzene ring substituents is 1. The fraction of sp³-hybridized carbons (Fsp3) is 0.364. The van der Waals surface area contributed by atoms with E-state index in [-0.39, 0.29) is 17.5 Å². The number of amides is 1. The Morgan fingerprint density at radius 2 is 1.88 bits per heavy atom. The molecule has 92 valence electrons. The van der Waals surface area contributed by atoms with Gasteiger partial charge in [-0.25, -0.2) is 0 Å². The van der Waals surface area contributed by atoms with E-state index in [1.54, 1.807) is 0 Å². The normalized spacial score (nSPS) is 12.2. The molecular formula is C11H15N3O3. The number of rotatable bonds is 4. The van der Waals surface area contributed by atoms with E-state index >= 15 is 0 Å². The Labute approximate surface area is 99.0 Å². The summed E-state index contributed by atoms with van der Waals surface area (Å²) in [6.45, 7) is 3.69. The van der Waals surface area contributed by atoms with Crippen LogP contribution in [0.4, 0.5) is 11.4 Å². The summed E-state index contributed by atoms with van der Waals surface area (Å²) in [5.41, 5.74) is 6.15. The third-order valence-electron chi connectivity index (χ3n) is 2.37. The van der Waals surface area contributed by atoms with Gasteiger partial charge in [0.2, 0.25) is 5.91 Å². The van der Waals surface area contributed by atoms with Crippen molar-refractivity contribution in [2.45, 2.75) is 19.9 Å². The summed E-state index contributed by atoms with van der Waals surface area (Å²) in [6.07, 6.45) is 0. The van der Waals surface area contributed by atoms with E-state index in [0.29, 0.717) is 5.69 Å². The molecule has 0 spiro atoms. The SMILES string of the molecule is CC(C)[C@H](N)C(=O)Nc1ccc([N+](=O)[O-])cc1. The molecule has 0 fully saturated rings. The van der Waals surface area contributed by atoms with Crippen LogP contribution in [0.3, 0.4) is 0 Å². The molecule has 0 heterocycles. The van der Waals surface area contributed by atoms with Gasteiger partial charge < -0.3 is 11.1 Å². The molecule has 0 bridgehead atoms. The number of hydrogen-bond donors (Lipinski definition) is 2. The van der Waals surface area contributed by atoms with Crippen LogP contribution in [-0.2, 0) is 4.79 Å². The molecule has 17 heavy (non-hydrogen) atoms. The number of nitrogens with two attached hydrogens (primary N) is 1. The maximum absolute atomic E-state index is 11.6. The molecule has 0 aliphatic carbocycles. The van der Waals surface area contributed by atoms with Crippen molar-refractivity contribution in [3.05, 3.63) is 34.4 Å². The van der Waals surface area contributed by atoms with Crippen molar-refractivity contribution in [3.63, 3.8) is 0 Å². The zero-order chi connectivity index (χ0) is 13.0. The molecule has 0 aromatic heterocycles. The molecular weight excluding hydrogens is 222 g/mol. The lowest BCUT2D eigenvalue weighted by Gasteiger charge is -2.15. The van der Waals surface area contributed by atoms with Crippen molar-refractivity contribution < 1.29 is 9.72 Å². The quantitative estimate of drug-likeness (QED) is 0.612. The molecule has 0 saturated carbocycles. The van der Waals surface area contributed by atoms with Gasteiger partial charge in [0.1, 0.15) is 0 Å². The van der Waals surface area contributed by atoms with Gasteiger partial charge in [-0.15, -0.1) is 0 Å². The van der Waals surface area contributed by atoms with Crippen LogP contribution in [0.1, 0.15) is 13.8 Å². The minimum Gasteiger partial charge on any atom is -0.325 e. The first kappa shape index (κ1) is 13.1. The maximum Gasteiger partial charge on any atom is 0.269 e. The number of benzene rings is 1. The number of nitro benzene ring substituents is 1. The second-order valence-electron chi connectivity index (χ2n) is 4.06. The van der Waals surface area contributed by atoms with Crippen molar-refractivity contribution in [1.29, 1.82) is 0 Å².